The predicted octanol–water partition coefficient (Wildman–Crippen LogP) is 1.32. The molecule has 0 saturated carbocycles. The van der Waals surface area contributed by atoms with Gasteiger partial charge in [0.05, 0.1) is 6.54 Å². The second-order valence-corrected chi connectivity index (χ2v) is 5.76. The van der Waals surface area contributed by atoms with Gasteiger partial charge in [-0.25, -0.2) is 4.79 Å². The number of ether oxygens (including phenoxy) is 1. The molecule has 0 aromatic heterocycles. The van der Waals surface area contributed by atoms with E-state index in [9.17, 15) is 14.4 Å². The molecule has 0 unspecified atom stereocenters. The Kier molecular flexibility index (Phi) is 5.13. The highest BCUT2D eigenvalue weighted by Crippen LogP contribution is 2.20. The molecule has 3 N–H and O–H groups in total. The SMILES string of the molecule is O=C(CC[C@@H]1NC(=O)NC1=O)NCCOc1ccc2ccccc2c1. The first-order valence-electron chi connectivity index (χ1n) is 8.11. The molecule has 130 valence electrons. The quantitative estimate of drug-likeness (QED) is 0.523. The highest BCUT2D eigenvalue weighted by Gasteiger charge is 2.29. The second-order valence-electron chi connectivity index (χ2n) is 5.76. The third kappa shape index (κ3) is 4.47. The number of amides is 4. The summed E-state index contributed by atoms with van der Waals surface area (Å²) in [7, 11) is 0. The van der Waals surface area contributed by atoms with Crippen LogP contribution in [0.3, 0.4) is 0 Å². The number of hydrogen-bond donors (Lipinski definition) is 3. The molecule has 1 saturated heterocycles. The molecular formula is C18H19N3O4. The van der Waals surface area contributed by atoms with Crippen molar-refractivity contribution in [3.63, 3.8) is 0 Å². The molecule has 7 heteroatoms. The molecule has 2 aromatic rings. The minimum absolute atomic E-state index is 0.161. The van der Waals surface area contributed by atoms with Crippen LogP contribution in [0.5, 0.6) is 5.75 Å². The lowest BCUT2D eigenvalue weighted by Crippen LogP contribution is -2.33. The number of carbonyl (C=O) groups excluding carboxylic acids is 3. The number of fused-ring (bicyclic) bond motifs is 1. The minimum atomic E-state index is -0.632. The molecule has 0 radical (unpaired) electrons. The fourth-order valence-corrected chi connectivity index (χ4v) is 2.64. The Hall–Kier alpha value is -3.09. The summed E-state index contributed by atoms with van der Waals surface area (Å²) in [4.78, 5) is 34.1. The van der Waals surface area contributed by atoms with Crippen LogP contribution in [-0.2, 0) is 9.59 Å². The maximum Gasteiger partial charge on any atom is 0.322 e. The number of hydrogen-bond acceptors (Lipinski definition) is 4. The third-order valence-corrected chi connectivity index (χ3v) is 3.93. The van der Waals surface area contributed by atoms with Crippen molar-refractivity contribution in [3.05, 3.63) is 42.5 Å². The van der Waals surface area contributed by atoms with Gasteiger partial charge in [0.2, 0.25) is 5.91 Å². The van der Waals surface area contributed by atoms with E-state index in [1.165, 1.54) is 0 Å². The van der Waals surface area contributed by atoms with Gasteiger partial charge in [0, 0.05) is 6.42 Å². The van der Waals surface area contributed by atoms with Crippen LogP contribution in [0, 0.1) is 0 Å². The summed E-state index contributed by atoms with van der Waals surface area (Å²) < 4.78 is 5.64. The Balaban J connectivity index is 1.36. The summed E-state index contributed by atoms with van der Waals surface area (Å²) in [6, 6.07) is 12.7. The van der Waals surface area contributed by atoms with Gasteiger partial charge in [-0.2, -0.15) is 0 Å². The summed E-state index contributed by atoms with van der Waals surface area (Å²) in [5, 5.41) is 9.57. The first-order chi connectivity index (χ1) is 12.1. The highest BCUT2D eigenvalue weighted by atomic mass is 16.5. The van der Waals surface area contributed by atoms with E-state index in [4.69, 9.17) is 4.74 Å². The number of rotatable bonds is 7. The monoisotopic (exact) mass is 341 g/mol. The number of carbonyl (C=O) groups is 3. The van der Waals surface area contributed by atoms with E-state index in [2.05, 4.69) is 16.0 Å². The maximum atomic E-state index is 11.8. The largest absolute Gasteiger partial charge is 0.492 e. The first kappa shape index (κ1) is 16.8. The van der Waals surface area contributed by atoms with E-state index in [-0.39, 0.29) is 18.7 Å². The van der Waals surface area contributed by atoms with Crippen LogP contribution in [-0.4, -0.2) is 37.0 Å². The van der Waals surface area contributed by atoms with Gasteiger partial charge in [-0.15, -0.1) is 0 Å². The molecule has 1 heterocycles. The van der Waals surface area contributed by atoms with Crippen molar-refractivity contribution in [1.82, 2.24) is 16.0 Å². The van der Waals surface area contributed by atoms with E-state index in [1.807, 2.05) is 42.5 Å². The van der Waals surface area contributed by atoms with Gasteiger partial charge in [-0.3, -0.25) is 14.9 Å². The van der Waals surface area contributed by atoms with E-state index in [1.54, 1.807) is 0 Å². The van der Waals surface area contributed by atoms with Crippen LogP contribution in [0.2, 0.25) is 0 Å². The van der Waals surface area contributed by atoms with Gasteiger partial charge in [-0.1, -0.05) is 30.3 Å². The molecule has 25 heavy (non-hydrogen) atoms. The average Bonchev–Trinajstić information content (AvgIpc) is 2.94. The van der Waals surface area contributed by atoms with Crippen LogP contribution in [0.15, 0.2) is 42.5 Å². The number of urea groups is 1. The molecule has 0 aliphatic carbocycles. The molecule has 2 aromatic carbocycles. The lowest BCUT2D eigenvalue weighted by molar-refractivity contribution is -0.122. The number of benzene rings is 2. The maximum absolute atomic E-state index is 11.8. The Morgan fingerprint density at radius 3 is 2.68 bits per heavy atom. The van der Waals surface area contributed by atoms with E-state index in [0.717, 1.165) is 16.5 Å². The van der Waals surface area contributed by atoms with Crippen molar-refractivity contribution >= 4 is 28.6 Å². The minimum Gasteiger partial charge on any atom is -0.492 e. The zero-order valence-electron chi connectivity index (χ0n) is 13.6. The molecule has 0 spiro atoms. The Morgan fingerprint density at radius 1 is 1.12 bits per heavy atom. The molecule has 1 aliphatic rings. The van der Waals surface area contributed by atoms with Crippen LogP contribution in [0.1, 0.15) is 12.8 Å². The topological polar surface area (TPSA) is 96.5 Å². The standard InChI is InChI=1S/C18H19N3O4/c22-16(8-7-15-17(23)21-18(24)20-15)19-9-10-25-14-6-5-12-3-1-2-4-13(12)11-14/h1-6,11,15H,7-10H2,(H,19,22)(H2,20,21,23,24)/t15-/m0/s1. The van der Waals surface area contributed by atoms with Crippen LogP contribution < -0.4 is 20.7 Å². The van der Waals surface area contributed by atoms with Gasteiger partial charge in [0.25, 0.3) is 5.91 Å². The Labute approximate surface area is 144 Å². The number of imide groups is 1. The lowest BCUT2D eigenvalue weighted by Gasteiger charge is -2.10. The van der Waals surface area contributed by atoms with Gasteiger partial charge < -0.3 is 15.4 Å². The molecule has 1 fully saturated rings. The van der Waals surface area contributed by atoms with Gasteiger partial charge in [0.1, 0.15) is 18.4 Å². The predicted molar refractivity (Wildman–Crippen MR) is 92.1 cm³/mol. The van der Waals surface area contributed by atoms with Crippen LogP contribution >= 0.6 is 0 Å². The third-order valence-electron chi connectivity index (χ3n) is 3.93. The van der Waals surface area contributed by atoms with Crippen molar-refractivity contribution < 1.29 is 19.1 Å². The van der Waals surface area contributed by atoms with Gasteiger partial charge in [0.15, 0.2) is 0 Å². The zero-order valence-corrected chi connectivity index (χ0v) is 13.6. The van der Waals surface area contributed by atoms with Gasteiger partial charge >= 0.3 is 6.03 Å². The Bertz CT molecular complexity index is 806. The Morgan fingerprint density at radius 2 is 1.92 bits per heavy atom. The van der Waals surface area contributed by atoms with Gasteiger partial charge in [-0.05, 0) is 29.3 Å². The summed E-state index contributed by atoms with van der Waals surface area (Å²) in [5.41, 5.74) is 0. The second kappa shape index (κ2) is 7.65. The molecule has 0 bridgehead atoms. The summed E-state index contributed by atoms with van der Waals surface area (Å²) in [6.07, 6.45) is 0.434. The van der Waals surface area contributed by atoms with Crippen molar-refractivity contribution in [2.24, 2.45) is 0 Å². The first-order valence-corrected chi connectivity index (χ1v) is 8.11. The van der Waals surface area contributed by atoms with Crippen LogP contribution in [0.4, 0.5) is 4.79 Å². The van der Waals surface area contributed by atoms with Crippen LogP contribution in [0.25, 0.3) is 10.8 Å². The van der Waals surface area contributed by atoms with Crippen molar-refractivity contribution in [1.29, 1.82) is 0 Å². The summed E-state index contributed by atoms with van der Waals surface area (Å²) >= 11 is 0. The summed E-state index contributed by atoms with van der Waals surface area (Å²) in [5.74, 6) is 0.173. The molecule has 1 aliphatic heterocycles. The smallest absolute Gasteiger partial charge is 0.322 e. The number of nitrogens with one attached hydrogen (secondary N) is 3. The lowest BCUT2D eigenvalue weighted by atomic mass is 10.1. The summed E-state index contributed by atoms with van der Waals surface area (Å²) in [6.45, 7) is 0.722. The zero-order chi connectivity index (χ0) is 17.6. The normalized spacial score (nSPS) is 16.4. The molecule has 1 atom stereocenters. The molecule has 3 rings (SSSR count). The molecule has 4 amide bonds. The van der Waals surface area contributed by atoms with Crippen molar-refractivity contribution in [2.75, 3.05) is 13.2 Å². The van der Waals surface area contributed by atoms with Crippen molar-refractivity contribution in [2.45, 2.75) is 18.9 Å². The van der Waals surface area contributed by atoms with E-state index < -0.39 is 18.0 Å². The fraction of sp³-hybridized carbons (Fsp3) is 0.278. The van der Waals surface area contributed by atoms with Crippen molar-refractivity contribution in [3.8, 4) is 5.75 Å². The van der Waals surface area contributed by atoms with E-state index >= 15 is 0 Å². The molecular weight excluding hydrogens is 322 g/mol. The average molecular weight is 341 g/mol. The fourth-order valence-electron chi connectivity index (χ4n) is 2.64. The van der Waals surface area contributed by atoms with E-state index in [0.29, 0.717) is 13.2 Å². The molecule has 7 nitrogen and oxygen atoms in total. The highest BCUT2D eigenvalue weighted by molar-refractivity contribution is 6.04.